The third-order valence-electron chi connectivity index (χ3n) is 3.81. The molecule has 0 radical (unpaired) electrons. The molecule has 0 bridgehead atoms. The molecule has 0 spiro atoms. The second-order valence-electron chi connectivity index (χ2n) is 5.50. The second kappa shape index (κ2) is 5.08. The number of aliphatic hydroxyl groups is 1. The predicted molar refractivity (Wildman–Crippen MR) is 77.0 cm³/mol. The molecule has 5 nitrogen and oxygen atoms in total. The van der Waals surface area contributed by atoms with Gasteiger partial charge in [-0.1, -0.05) is 12.1 Å². The molecule has 0 amide bonds. The van der Waals surface area contributed by atoms with Gasteiger partial charge in [0.15, 0.2) is 9.84 Å². The lowest BCUT2D eigenvalue weighted by Gasteiger charge is -2.26. The van der Waals surface area contributed by atoms with Crippen LogP contribution in [0.4, 0.5) is 5.69 Å². The van der Waals surface area contributed by atoms with Crippen molar-refractivity contribution < 1.29 is 13.5 Å². The fraction of sp³-hybridized carbons (Fsp3) is 0.500. The Morgan fingerprint density at radius 1 is 1.35 bits per heavy atom. The van der Waals surface area contributed by atoms with Gasteiger partial charge >= 0.3 is 0 Å². The smallest absolute Gasteiger partial charge is 0.152 e. The molecular weight excluding hydrogens is 276 g/mol. The lowest BCUT2D eigenvalue weighted by molar-refractivity contribution is 0.0793. The minimum Gasteiger partial charge on any atom is -0.387 e. The lowest BCUT2D eigenvalue weighted by atomic mass is 9.80. The molecule has 1 aromatic rings. The van der Waals surface area contributed by atoms with E-state index in [0.29, 0.717) is 5.56 Å². The molecule has 1 fully saturated rings. The van der Waals surface area contributed by atoms with Crippen LogP contribution in [-0.2, 0) is 9.84 Å². The Labute approximate surface area is 119 Å². The summed E-state index contributed by atoms with van der Waals surface area (Å²) in [6.07, 6.45) is -0.899. The monoisotopic (exact) mass is 294 g/mol. The lowest BCUT2D eigenvalue weighted by Crippen LogP contribution is -2.28. The highest BCUT2D eigenvalue weighted by atomic mass is 32.2. The van der Waals surface area contributed by atoms with Crippen LogP contribution in [0.25, 0.3) is 0 Å². The van der Waals surface area contributed by atoms with E-state index >= 15 is 0 Å². The van der Waals surface area contributed by atoms with Gasteiger partial charge in [-0.05, 0) is 24.1 Å². The Bertz CT molecular complexity index is 631. The molecule has 2 unspecified atom stereocenters. The maximum Gasteiger partial charge on any atom is 0.152 e. The summed E-state index contributed by atoms with van der Waals surface area (Å²) in [6.45, 7) is 0. The van der Waals surface area contributed by atoms with Crippen molar-refractivity contribution in [1.82, 2.24) is 0 Å². The first-order chi connectivity index (χ1) is 9.30. The summed E-state index contributed by atoms with van der Waals surface area (Å²) in [5.74, 6) is -0.305. The van der Waals surface area contributed by atoms with Gasteiger partial charge in [0.25, 0.3) is 0 Å². The Morgan fingerprint density at radius 3 is 2.35 bits per heavy atom. The van der Waals surface area contributed by atoms with Crippen LogP contribution in [0.15, 0.2) is 24.3 Å². The highest BCUT2D eigenvalue weighted by molar-refractivity contribution is 7.91. The van der Waals surface area contributed by atoms with Gasteiger partial charge in [-0.25, -0.2) is 8.42 Å². The minimum absolute atomic E-state index is 0.0343. The van der Waals surface area contributed by atoms with Crippen molar-refractivity contribution in [2.75, 3.05) is 30.5 Å². The Hall–Kier alpha value is -1.58. The molecular formula is C14H18N2O3S. The maximum absolute atomic E-state index is 11.6. The number of aliphatic hydroxyl groups excluding tert-OH is 1. The van der Waals surface area contributed by atoms with Crippen molar-refractivity contribution in [2.24, 2.45) is 5.41 Å². The summed E-state index contributed by atoms with van der Waals surface area (Å²) in [5, 5.41) is 19.8. The predicted octanol–water partition coefficient (Wildman–Crippen LogP) is 1.11. The zero-order valence-electron chi connectivity index (χ0n) is 11.6. The van der Waals surface area contributed by atoms with Gasteiger partial charge in [0.1, 0.15) is 5.41 Å². The van der Waals surface area contributed by atoms with Crippen molar-refractivity contribution in [1.29, 1.82) is 5.26 Å². The molecule has 0 aromatic heterocycles. The second-order valence-corrected chi connectivity index (χ2v) is 7.68. The van der Waals surface area contributed by atoms with Crippen LogP contribution >= 0.6 is 0 Å². The first kappa shape index (κ1) is 14.8. The topological polar surface area (TPSA) is 81.4 Å². The molecule has 2 atom stereocenters. The summed E-state index contributed by atoms with van der Waals surface area (Å²) in [4.78, 5) is 1.93. The molecule has 108 valence electrons. The van der Waals surface area contributed by atoms with E-state index in [9.17, 15) is 18.8 Å². The van der Waals surface area contributed by atoms with Gasteiger partial charge in [0.05, 0.1) is 23.7 Å². The number of rotatable bonds is 3. The number of nitrogens with zero attached hydrogens (tertiary/aromatic N) is 2. The fourth-order valence-corrected chi connectivity index (χ4v) is 4.48. The van der Waals surface area contributed by atoms with Gasteiger partial charge in [0, 0.05) is 19.8 Å². The SMILES string of the molecule is CN(C)c1ccc(C(O)C2(C#N)CCS(=O)(=O)C2)cc1. The molecule has 6 heteroatoms. The summed E-state index contributed by atoms with van der Waals surface area (Å²) in [6, 6.07) is 9.19. The van der Waals surface area contributed by atoms with Crippen molar-refractivity contribution in [3.63, 3.8) is 0 Å². The first-order valence-electron chi connectivity index (χ1n) is 6.37. The summed E-state index contributed by atoms with van der Waals surface area (Å²) < 4.78 is 23.2. The normalized spacial score (nSPS) is 25.9. The van der Waals surface area contributed by atoms with E-state index in [1.807, 2.05) is 37.2 Å². The Morgan fingerprint density at radius 2 is 1.95 bits per heavy atom. The molecule has 0 aliphatic carbocycles. The Balaban J connectivity index is 2.31. The maximum atomic E-state index is 11.6. The standard InChI is InChI=1S/C14H18N2O3S/c1-16(2)12-5-3-11(4-6-12)13(17)14(9-15)7-8-20(18,19)10-14/h3-6,13,17H,7-8,10H2,1-2H3. The molecule has 20 heavy (non-hydrogen) atoms. The molecule has 1 aromatic carbocycles. The van der Waals surface area contributed by atoms with Crippen LogP contribution in [0.2, 0.25) is 0 Å². The molecule has 1 N–H and O–H groups in total. The largest absolute Gasteiger partial charge is 0.387 e. The number of benzene rings is 1. The molecule has 1 saturated heterocycles. The minimum atomic E-state index is -3.23. The average molecular weight is 294 g/mol. The van der Waals surface area contributed by atoms with E-state index in [2.05, 4.69) is 0 Å². The summed E-state index contributed by atoms with van der Waals surface area (Å²) in [5.41, 5.74) is 0.332. The number of hydrogen-bond donors (Lipinski definition) is 1. The van der Waals surface area contributed by atoms with Crippen molar-refractivity contribution >= 4 is 15.5 Å². The van der Waals surface area contributed by atoms with Crippen molar-refractivity contribution in [2.45, 2.75) is 12.5 Å². The van der Waals surface area contributed by atoms with Crippen LogP contribution in [-0.4, -0.2) is 39.1 Å². The number of hydrogen-bond acceptors (Lipinski definition) is 5. The van der Waals surface area contributed by atoms with Gasteiger partial charge in [-0.15, -0.1) is 0 Å². The zero-order chi connectivity index (χ0) is 15.0. The van der Waals surface area contributed by atoms with Gasteiger partial charge < -0.3 is 10.0 Å². The number of nitriles is 1. The highest BCUT2D eigenvalue weighted by Gasteiger charge is 2.48. The quantitative estimate of drug-likeness (QED) is 0.903. The van der Waals surface area contributed by atoms with Gasteiger partial charge in [-0.2, -0.15) is 5.26 Å². The fourth-order valence-electron chi connectivity index (χ4n) is 2.51. The third kappa shape index (κ3) is 2.65. The molecule has 2 rings (SSSR count). The molecule has 1 aliphatic heterocycles. The van der Waals surface area contributed by atoms with Crippen LogP contribution in [0.5, 0.6) is 0 Å². The van der Waals surface area contributed by atoms with Crippen molar-refractivity contribution in [3.8, 4) is 6.07 Å². The van der Waals surface area contributed by atoms with Crippen molar-refractivity contribution in [3.05, 3.63) is 29.8 Å². The van der Waals surface area contributed by atoms with Crippen LogP contribution in [0, 0.1) is 16.7 Å². The number of anilines is 1. The van der Waals surface area contributed by atoms with Gasteiger partial charge in [0.2, 0.25) is 0 Å². The van der Waals surface area contributed by atoms with E-state index < -0.39 is 21.4 Å². The average Bonchev–Trinajstić information content (AvgIpc) is 2.75. The summed E-state index contributed by atoms with van der Waals surface area (Å²) >= 11 is 0. The molecule has 0 saturated carbocycles. The first-order valence-corrected chi connectivity index (χ1v) is 8.19. The van der Waals surface area contributed by atoms with E-state index in [1.165, 1.54) is 0 Å². The molecule has 1 heterocycles. The van der Waals surface area contributed by atoms with E-state index in [-0.39, 0.29) is 17.9 Å². The summed E-state index contributed by atoms with van der Waals surface area (Å²) in [7, 11) is 0.586. The third-order valence-corrected chi connectivity index (χ3v) is 5.59. The van der Waals surface area contributed by atoms with Crippen LogP contribution < -0.4 is 4.90 Å². The van der Waals surface area contributed by atoms with E-state index in [0.717, 1.165) is 5.69 Å². The zero-order valence-corrected chi connectivity index (χ0v) is 12.4. The van der Waals surface area contributed by atoms with E-state index in [4.69, 9.17) is 0 Å². The van der Waals surface area contributed by atoms with Crippen LogP contribution in [0.3, 0.4) is 0 Å². The highest BCUT2D eigenvalue weighted by Crippen LogP contribution is 2.43. The molecule has 1 aliphatic rings. The van der Waals surface area contributed by atoms with Crippen LogP contribution in [0.1, 0.15) is 18.1 Å². The number of sulfone groups is 1. The van der Waals surface area contributed by atoms with Gasteiger partial charge in [-0.3, -0.25) is 0 Å². The van der Waals surface area contributed by atoms with E-state index in [1.54, 1.807) is 12.1 Å². The Kier molecular flexibility index (Phi) is 3.76.